The first-order chi connectivity index (χ1) is 5.62. The van der Waals surface area contributed by atoms with Crippen LogP contribution < -0.4 is 0 Å². The van der Waals surface area contributed by atoms with Crippen molar-refractivity contribution in [3.05, 3.63) is 12.2 Å². The molecular weight excluding hydrogens is 152 g/mol. The number of allylic oxidation sites excluding steroid dienone is 2. The van der Waals surface area contributed by atoms with Gasteiger partial charge in [-0.05, 0) is 25.7 Å². The summed E-state index contributed by atoms with van der Waals surface area (Å²) in [6, 6.07) is 0. The number of rotatable bonds is 2. The number of carbonyl (C=O) groups is 1. The van der Waals surface area contributed by atoms with Crippen LogP contribution in [0.4, 0.5) is 0 Å². The lowest BCUT2D eigenvalue weighted by Crippen LogP contribution is -2.27. The van der Waals surface area contributed by atoms with Crippen LogP contribution >= 0.6 is 0 Å². The molecule has 2 aliphatic carbocycles. The Morgan fingerprint density at radius 1 is 1.83 bits per heavy atom. The molecule has 1 N–H and O–H groups in total. The zero-order valence-corrected chi connectivity index (χ0v) is 7.29. The predicted molar refractivity (Wildman–Crippen MR) is 45.6 cm³/mol. The Labute approximate surface area is 72.3 Å². The second kappa shape index (κ2) is 2.43. The molecule has 2 heteroatoms. The van der Waals surface area contributed by atoms with E-state index in [2.05, 4.69) is 6.08 Å². The van der Waals surface area contributed by atoms with Gasteiger partial charge in [0.2, 0.25) is 0 Å². The average molecular weight is 166 g/mol. The van der Waals surface area contributed by atoms with Crippen molar-refractivity contribution in [2.45, 2.75) is 32.3 Å². The average Bonchev–Trinajstić information content (AvgIpc) is 2.42. The van der Waals surface area contributed by atoms with Crippen molar-refractivity contribution in [2.75, 3.05) is 0 Å². The Bertz CT molecular complexity index is 242. The van der Waals surface area contributed by atoms with Gasteiger partial charge in [0, 0.05) is 11.8 Å². The molecule has 2 rings (SSSR count). The smallest absolute Gasteiger partial charge is 0.143 e. The number of hydrogen-bond donors (Lipinski definition) is 1. The standard InChI is InChI=1S/C10H14O2/c1-7(11)5-10-3-2-8(6-10)4-9(10)12/h2-3,7-8,11H,4-6H2,1H3/t7-,8-,10+/m1/s1. The van der Waals surface area contributed by atoms with Crippen LogP contribution in [-0.4, -0.2) is 17.0 Å². The van der Waals surface area contributed by atoms with Crippen LogP contribution in [-0.2, 0) is 4.79 Å². The van der Waals surface area contributed by atoms with Gasteiger partial charge in [0.1, 0.15) is 5.78 Å². The Morgan fingerprint density at radius 3 is 3.00 bits per heavy atom. The summed E-state index contributed by atoms with van der Waals surface area (Å²) in [6.45, 7) is 1.75. The van der Waals surface area contributed by atoms with Crippen LogP contribution in [0.25, 0.3) is 0 Å². The van der Waals surface area contributed by atoms with Crippen LogP contribution in [0, 0.1) is 11.3 Å². The molecule has 1 saturated carbocycles. The lowest BCUT2D eigenvalue weighted by atomic mass is 9.81. The Hall–Kier alpha value is -0.630. The van der Waals surface area contributed by atoms with Gasteiger partial charge in [-0.15, -0.1) is 0 Å². The molecule has 0 unspecified atom stereocenters. The summed E-state index contributed by atoms with van der Waals surface area (Å²) in [6.07, 6.45) is 6.02. The molecule has 3 atom stereocenters. The molecule has 0 heterocycles. The molecule has 12 heavy (non-hydrogen) atoms. The minimum Gasteiger partial charge on any atom is -0.393 e. The van der Waals surface area contributed by atoms with E-state index in [-0.39, 0.29) is 11.5 Å². The highest BCUT2D eigenvalue weighted by Gasteiger charge is 2.48. The van der Waals surface area contributed by atoms with Crippen molar-refractivity contribution >= 4 is 5.78 Å². The number of carbonyl (C=O) groups excluding carboxylic acids is 1. The summed E-state index contributed by atoms with van der Waals surface area (Å²) >= 11 is 0. The van der Waals surface area contributed by atoms with E-state index >= 15 is 0 Å². The van der Waals surface area contributed by atoms with E-state index < -0.39 is 0 Å². The Kier molecular flexibility index (Phi) is 1.62. The van der Waals surface area contributed by atoms with Gasteiger partial charge in [-0.25, -0.2) is 0 Å². The fourth-order valence-corrected chi connectivity index (χ4v) is 2.50. The predicted octanol–water partition coefficient (Wildman–Crippen LogP) is 1.29. The molecule has 0 aromatic heterocycles. The van der Waals surface area contributed by atoms with Crippen LogP contribution in [0.2, 0.25) is 0 Å². The van der Waals surface area contributed by atoms with Crippen molar-refractivity contribution in [3.63, 3.8) is 0 Å². The summed E-state index contributed by atoms with van der Waals surface area (Å²) < 4.78 is 0. The first-order valence-electron chi connectivity index (χ1n) is 4.53. The summed E-state index contributed by atoms with van der Waals surface area (Å²) in [5.41, 5.74) is -0.279. The fourth-order valence-electron chi connectivity index (χ4n) is 2.50. The third-order valence-electron chi connectivity index (χ3n) is 2.98. The molecule has 66 valence electrons. The SMILES string of the molecule is C[C@@H](O)C[C@]12C=C[C@H](CC1=O)C2. The summed E-state index contributed by atoms with van der Waals surface area (Å²) in [7, 11) is 0. The highest BCUT2D eigenvalue weighted by Crippen LogP contribution is 2.49. The van der Waals surface area contributed by atoms with E-state index in [1.165, 1.54) is 0 Å². The maximum Gasteiger partial charge on any atom is 0.143 e. The molecule has 2 aliphatic rings. The first kappa shape index (κ1) is 7.99. The lowest BCUT2D eigenvalue weighted by molar-refractivity contribution is -0.125. The maximum absolute atomic E-state index is 11.5. The second-order valence-electron chi connectivity index (χ2n) is 4.16. The van der Waals surface area contributed by atoms with Gasteiger partial charge >= 0.3 is 0 Å². The summed E-state index contributed by atoms with van der Waals surface area (Å²) in [4.78, 5) is 11.5. The topological polar surface area (TPSA) is 37.3 Å². The van der Waals surface area contributed by atoms with E-state index in [0.29, 0.717) is 24.5 Å². The summed E-state index contributed by atoms with van der Waals surface area (Å²) in [5, 5.41) is 9.26. The Morgan fingerprint density at radius 2 is 2.58 bits per heavy atom. The van der Waals surface area contributed by atoms with Crippen molar-refractivity contribution in [3.8, 4) is 0 Å². The largest absolute Gasteiger partial charge is 0.393 e. The third kappa shape index (κ3) is 1.02. The number of aliphatic hydroxyl groups excluding tert-OH is 1. The monoisotopic (exact) mass is 166 g/mol. The molecule has 1 fully saturated rings. The molecule has 0 aliphatic heterocycles. The molecule has 0 spiro atoms. The number of aliphatic hydroxyl groups is 1. The Balaban J connectivity index is 2.20. The minimum absolute atomic E-state index is 0.279. The van der Waals surface area contributed by atoms with Gasteiger partial charge in [-0.1, -0.05) is 12.2 Å². The molecule has 0 saturated heterocycles. The highest BCUT2D eigenvalue weighted by atomic mass is 16.3. The maximum atomic E-state index is 11.5. The molecule has 2 nitrogen and oxygen atoms in total. The van der Waals surface area contributed by atoms with Crippen LogP contribution in [0.5, 0.6) is 0 Å². The van der Waals surface area contributed by atoms with Crippen LogP contribution in [0.15, 0.2) is 12.2 Å². The number of ketones is 1. The summed E-state index contributed by atoms with van der Waals surface area (Å²) in [5.74, 6) is 0.798. The highest BCUT2D eigenvalue weighted by molar-refractivity contribution is 5.90. The molecule has 0 radical (unpaired) electrons. The number of fused-ring (bicyclic) bond motifs is 2. The van der Waals surface area contributed by atoms with E-state index in [0.717, 1.165) is 6.42 Å². The van der Waals surface area contributed by atoms with Crippen molar-refractivity contribution < 1.29 is 9.90 Å². The normalized spacial score (nSPS) is 40.8. The minimum atomic E-state index is -0.365. The molecule has 0 amide bonds. The molecule has 0 aromatic carbocycles. The van der Waals surface area contributed by atoms with E-state index in [1.54, 1.807) is 6.92 Å². The van der Waals surface area contributed by atoms with E-state index in [4.69, 9.17) is 0 Å². The zero-order chi connectivity index (χ0) is 8.77. The van der Waals surface area contributed by atoms with Gasteiger partial charge in [-0.2, -0.15) is 0 Å². The van der Waals surface area contributed by atoms with Gasteiger partial charge in [0.05, 0.1) is 6.10 Å². The number of Topliss-reactive ketones (excluding diaryl/α,β-unsaturated/α-hetero) is 1. The quantitative estimate of drug-likeness (QED) is 0.628. The van der Waals surface area contributed by atoms with Gasteiger partial charge in [-0.3, -0.25) is 4.79 Å². The lowest BCUT2D eigenvalue weighted by Gasteiger charge is -2.23. The molecule has 2 bridgehead atoms. The first-order valence-corrected chi connectivity index (χ1v) is 4.53. The van der Waals surface area contributed by atoms with Crippen LogP contribution in [0.3, 0.4) is 0 Å². The van der Waals surface area contributed by atoms with Crippen molar-refractivity contribution in [1.29, 1.82) is 0 Å². The number of hydrogen-bond acceptors (Lipinski definition) is 2. The fraction of sp³-hybridized carbons (Fsp3) is 0.700. The van der Waals surface area contributed by atoms with Gasteiger partial charge in [0.25, 0.3) is 0 Å². The van der Waals surface area contributed by atoms with E-state index in [9.17, 15) is 9.90 Å². The van der Waals surface area contributed by atoms with Crippen molar-refractivity contribution in [1.82, 2.24) is 0 Å². The van der Waals surface area contributed by atoms with E-state index in [1.807, 2.05) is 6.08 Å². The second-order valence-corrected chi connectivity index (χ2v) is 4.16. The molecule has 0 aromatic rings. The third-order valence-corrected chi connectivity index (χ3v) is 2.98. The molecular formula is C10H14O2. The zero-order valence-electron chi connectivity index (χ0n) is 7.29. The van der Waals surface area contributed by atoms with Crippen molar-refractivity contribution in [2.24, 2.45) is 11.3 Å². The van der Waals surface area contributed by atoms with Gasteiger partial charge < -0.3 is 5.11 Å². The van der Waals surface area contributed by atoms with Gasteiger partial charge in [0.15, 0.2) is 0 Å². The van der Waals surface area contributed by atoms with Crippen LogP contribution in [0.1, 0.15) is 26.2 Å².